The lowest BCUT2D eigenvalue weighted by Crippen LogP contribution is -2.50. The van der Waals surface area contributed by atoms with Crippen molar-refractivity contribution in [2.24, 2.45) is 11.5 Å². The highest BCUT2D eigenvalue weighted by Gasteiger charge is 2.21. The summed E-state index contributed by atoms with van der Waals surface area (Å²) in [6, 6.07) is -0.0390. The van der Waals surface area contributed by atoms with Crippen molar-refractivity contribution < 1.29 is 9.53 Å². The second-order valence-electron chi connectivity index (χ2n) is 3.43. The predicted octanol–water partition coefficient (Wildman–Crippen LogP) is -1.29. The number of nitrogens with two attached hydrogens (primary N) is 2. The first-order chi connectivity index (χ1) is 7.15. The van der Waals surface area contributed by atoms with E-state index in [2.05, 4.69) is 5.32 Å². The van der Waals surface area contributed by atoms with Crippen molar-refractivity contribution in [2.75, 3.05) is 13.2 Å². The molecule has 1 heterocycles. The number of aldehydes is 1. The van der Waals surface area contributed by atoms with E-state index in [1.807, 2.05) is 0 Å². The van der Waals surface area contributed by atoms with E-state index >= 15 is 0 Å². The van der Waals surface area contributed by atoms with E-state index in [4.69, 9.17) is 21.6 Å². The number of amidine groups is 1. The minimum atomic E-state index is -0.261. The van der Waals surface area contributed by atoms with Crippen molar-refractivity contribution in [3.05, 3.63) is 11.8 Å². The molecule has 0 bridgehead atoms. The number of hydrogen-bond donors (Lipinski definition) is 4. The molecule has 2 atom stereocenters. The van der Waals surface area contributed by atoms with E-state index in [1.54, 1.807) is 0 Å². The van der Waals surface area contributed by atoms with Gasteiger partial charge < -0.3 is 21.5 Å². The third-order valence-corrected chi connectivity index (χ3v) is 2.30. The zero-order valence-corrected chi connectivity index (χ0v) is 8.40. The summed E-state index contributed by atoms with van der Waals surface area (Å²) in [5.41, 5.74) is 11.1. The topological polar surface area (TPSA) is 114 Å². The molecule has 1 aliphatic heterocycles. The van der Waals surface area contributed by atoms with Crippen LogP contribution in [-0.2, 0) is 9.53 Å². The fraction of sp³-hybridized carbons (Fsp3) is 0.556. The van der Waals surface area contributed by atoms with Gasteiger partial charge in [-0.3, -0.25) is 10.2 Å². The van der Waals surface area contributed by atoms with Crippen molar-refractivity contribution in [3.8, 4) is 0 Å². The van der Waals surface area contributed by atoms with Crippen LogP contribution >= 0.6 is 0 Å². The predicted molar refractivity (Wildman–Crippen MR) is 56.4 cm³/mol. The van der Waals surface area contributed by atoms with E-state index in [9.17, 15) is 4.79 Å². The van der Waals surface area contributed by atoms with Gasteiger partial charge >= 0.3 is 0 Å². The molecule has 1 aliphatic rings. The van der Waals surface area contributed by atoms with Crippen LogP contribution in [0, 0.1) is 5.41 Å². The number of ether oxygens (including phenoxy) is 1. The largest absolute Gasteiger partial charge is 0.384 e. The van der Waals surface area contributed by atoms with Crippen LogP contribution in [0.5, 0.6) is 0 Å². The summed E-state index contributed by atoms with van der Waals surface area (Å²) in [4.78, 5) is 10.5. The Hall–Kier alpha value is -1.40. The normalized spacial score (nSPS) is 27.1. The maximum atomic E-state index is 10.5. The number of carbonyl (C=O) groups is 1. The van der Waals surface area contributed by atoms with Crippen LogP contribution in [0.1, 0.15) is 6.42 Å². The van der Waals surface area contributed by atoms with Crippen molar-refractivity contribution in [2.45, 2.75) is 18.5 Å². The lowest BCUT2D eigenvalue weighted by molar-refractivity contribution is -0.104. The van der Waals surface area contributed by atoms with Gasteiger partial charge in [0.1, 0.15) is 5.84 Å². The van der Waals surface area contributed by atoms with E-state index in [0.29, 0.717) is 19.5 Å². The van der Waals surface area contributed by atoms with Gasteiger partial charge in [0.15, 0.2) is 6.29 Å². The second-order valence-corrected chi connectivity index (χ2v) is 3.43. The first-order valence-corrected chi connectivity index (χ1v) is 4.74. The van der Waals surface area contributed by atoms with Gasteiger partial charge in [-0.25, -0.2) is 0 Å². The molecule has 15 heavy (non-hydrogen) atoms. The Morgan fingerprint density at radius 1 is 1.60 bits per heavy atom. The molecular weight excluding hydrogens is 196 g/mol. The molecule has 0 amide bonds. The Bertz CT molecular complexity index is 277. The molecule has 0 saturated carbocycles. The minimum absolute atomic E-state index is 0.00476. The third-order valence-electron chi connectivity index (χ3n) is 2.30. The molecular formula is C9H16N4O2. The van der Waals surface area contributed by atoms with Gasteiger partial charge in [-0.05, 0) is 6.42 Å². The Morgan fingerprint density at radius 2 is 2.33 bits per heavy atom. The van der Waals surface area contributed by atoms with E-state index < -0.39 is 0 Å². The Balaban J connectivity index is 2.53. The monoisotopic (exact) mass is 212 g/mol. The molecule has 0 aromatic carbocycles. The highest BCUT2D eigenvalue weighted by atomic mass is 16.5. The zero-order chi connectivity index (χ0) is 11.3. The van der Waals surface area contributed by atoms with Crippen LogP contribution < -0.4 is 16.8 Å². The molecule has 6 N–H and O–H groups in total. The summed E-state index contributed by atoms with van der Waals surface area (Å²) >= 11 is 0. The smallest absolute Gasteiger partial charge is 0.155 e. The van der Waals surface area contributed by atoms with Crippen LogP contribution in [0.4, 0.5) is 0 Å². The molecule has 6 nitrogen and oxygen atoms in total. The highest BCUT2D eigenvalue weighted by molar-refractivity contribution is 6.11. The molecule has 0 spiro atoms. The third kappa shape index (κ3) is 3.34. The number of hydrogen-bond acceptors (Lipinski definition) is 5. The molecule has 0 aromatic rings. The van der Waals surface area contributed by atoms with E-state index in [-0.39, 0.29) is 23.5 Å². The lowest BCUT2D eigenvalue weighted by atomic mass is 10.1. The summed E-state index contributed by atoms with van der Waals surface area (Å²) < 4.78 is 5.23. The van der Waals surface area contributed by atoms with Crippen molar-refractivity contribution in [1.82, 2.24) is 5.32 Å². The number of carbonyl (C=O) groups excluding carboxylic acids is 1. The summed E-state index contributed by atoms with van der Waals surface area (Å²) in [6.45, 7) is 1.16. The maximum absolute atomic E-state index is 10.5. The average Bonchev–Trinajstić information content (AvgIpc) is 2.21. The number of rotatable bonds is 4. The lowest BCUT2D eigenvalue weighted by Gasteiger charge is -2.28. The summed E-state index contributed by atoms with van der Waals surface area (Å²) in [5.74, 6) is -0.261. The van der Waals surface area contributed by atoms with Crippen molar-refractivity contribution in [3.63, 3.8) is 0 Å². The van der Waals surface area contributed by atoms with Crippen molar-refractivity contribution in [1.29, 1.82) is 5.41 Å². The van der Waals surface area contributed by atoms with Gasteiger partial charge in [-0.15, -0.1) is 0 Å². The number of nitrogens with one attached hydrogen (secondary N) is 2. The first kappa shape index (κ1) is 11.7. The van der Waals surface area contributed by atoms with Gasteiger partial charge in [0.2, 0.25) is 0 Å². The standard InChI is InChI=1S/C9H16N4O2/c10-7-1-2-15-5-8(7)13-3-6(4-14)9(11)12/h3-4,7-8,13H,1-2,5,10H2,(H3,11,12)/b6-3-/t7-,8?/m0/s1. The quantitative estimate of drug-likeness (QED) is 0.200. The van der Waals surface area contributed by atoms with Crippen LogP contribution in [0.15, 0.2) is 11.8 Å². The fourth-order valence-corrected chi connectivity index (χ4v) is 1.30. The molecule has 6 heteroatoms. The molecule has 1 fully saturated rings. The van der Waals surface area contributed by atoms with Crippen LogP contribution in [0.25, 0.3) is 0 Å². The molecule has 0 aromatic heterocycles. The van der Waals surface area contributed by atoms with Gasteiger partial charge in [-0.2, -0.15) is 0 Å². The van der Waals surface area contributed by atoms with Crippen LogP contribution in [0.3, 0.4) is 0 Å². The first-order valence-electron chi connectivity index (χ1n) is 4.74. The molecule has 1 saturated heterocycles. The average molecular weight is 212 g/mol. The molecule has 1 rings (SSSR count). The second kappa shape index (κ2) is 5.47. The molecule has 1 unspecified atom stereocenters. The molecule has 0 radical (unpaired) electrons. The minimum Gasteiger partial charge on any atom is -0.384 e. The van der Waals surface area contributed by atoms with Gasteiger partial charge in [-0.1, -0.05) is 0 Å². The maximum Gasteiger partial charge on any atom is 0.155 e. The van der Waals surface area contributed by atoms with E-state index in [0.717, 1.165) is 6.42 Å². The van der Waals surface area contributed by atoms with Gasteiger partial charge in [0.05, 0.1) is 18.2 Å². The summed E-state index contributed by atoms with van der Waals surface area (Å²) in [6.07, 6.45) is 2.72. The SMILES string of the molecule is N=C(N)/C(C=O)=C\NC1COCC[C@@H]1N. The molecule has 0 aliphatic carbocycles. The van der Waals surface area contributed by atoms with E-state index in [1.165, 1.54) is 6.20 Å². The van der Waals surface area contributed by atoms with Crippen LogP contribution in [-0.4, -0.2) is 37.4 Å². The highest BCUT2D eigenvalue weighted by Crippen LogP contribution is 2.05. The van der Waals surface area contributed by atoms with Gasteiger partial charge in [0.25, 0.3) is 0 Å². The zero-order valence-electron chi connectivity index (χ0n) is 8.40. The fourth-order valence-electron chi connectivity index (χ4n) is 1.30. The van der Waals surface area contributed by atoms with Gasteiger partial charge in [0, 0.05) is 18.8 Å². The van der Waals surface area contributed by atoms with Crippen molar-refractivity contribution >= 4 is 12.1 Å². The Morgan fingerprint density at radius 3 is 2.87 bits per heavy atom. The summed E-state index contributed by atoms with van der Waals surface area (Å²) in [5, 5.41) is 10.0. The van der Waals surface area contributed by atoms with Crippen LogP contribution in [0.2, 0.25) is 0 Å². The Labute approximate surface area is 88.2 Å². The summed E-state index contributed by atoms with van der Waals surface area (Å²) in [7, 11) is 0. The molecule has 84 valence electrons. The Kier molecular flexibility index (Phi) is 4.26.